The Labute approximate surface area is 173 Å². The number of likely N-dealkylation sites (tertiary alicyclic amines) is 2. The second-order valence-electron chi connectivity index (χ2n) is 8.66. The average Bonchev–Trinajstić information content (AvgIpc) is 2.78. The van der Waals surface area contributed by atoms with Crippen LogP contribution in [0.5, 0.6) is 5.75 Å². The number of rotatable bonds is 2. The molecular weight excluding hydrogens is 366 g/mol. The molecule has 1 aromatic rings. The summed E-state index contributed by atoms with van der Waals surface area (Å²) in [6, 6.07) is 6.07. The number of carbonyl (C=O) groups is 2. The normalized spacial score (nSPS) is 22.8. The Balaban J connectivity index is 1.42. The van der Waals surface area contributed by atoms with E-state index in [1.165, 1.54) is 6.42 Å². The van der Waals surface area contributed by atoms with Crippen LogP contribution in [-0.4, -0.2) is 60.6 Å². The minimum absolute atomic E-state index is 0.0207. The molecule has 6 heteroatoms. The van der Waals surface area contributed by atoms with E-state index in [9.17, 15) is 9.59 Å². The third-order valence-corrected chi connectivity index (χ3v) is 6.55. The van der Waals surface area contributed by atoms with Gasteiger partial charge in [-0.3, -0.25) is 9.69 Å². The van der Waals surface area contributed by atoms with Crippen molar-refractivity contribution in [3.05, 3.63) is 23.8 Å². The molecular formula is C23H33N3O3. The first kappa shape index (κ1) is 20.0. The zero-order valence-electron chi connectivity index (χ0n) is 17.7. The lowest BCUT2D eigenvalue weighted by atomic mass is 9.94. The lowest BCUT2D eigenvalue weighted by molar-refractivity contribution is -0.137. The molecule has 2 fully saturated rings. The molecule has 158 valence electrons. The predicted molar refractivity (Wildman–Crippen MR) is 113 cm³/mol. The highest BCUT2D eigenvalue weighted by atomic mass is 16.5. The van der Waals surface area contributed by atoms with E-state index >= 15 is 0 Å². The number of hydrogen-bond donors (Lipinski definition) is 0. The van der Waals surface area contributed by atoms with Gasteiger partial charge in [-0.15, -0.1) is 0 Å². The Morgan fingerprint density at radius 2 is 1.76 bits per heavy atom. The summed E-state index contributed by atoms with van der Waals surface area (Å²) in [5.74, 6) is 1.16. The van der Waals surface area contributed by atoms with Gasteiger partial charge in [-0.1, -0.05) is 13.0 Å². The van der Waals surface area contributed by atoms with Gasteiger partial charge in [0.25, 0.3) is 0 Å². The van der Waals surface area contributed by atoms with Crippen molar-refractivity contribution in [2.75, 3.05) is 37.6 Å². The van der Waals surface area contributed by atoms with Crippen LogP contribution in [-0.2, 0) is 4.79 Å². The molecule has 0 N–H and O–H groups in total. The monoisotopic (exact) mass is 399 g/mol. The van der Waals surface area contributed by atoms with E-state index in [2.05, 4.69) is 6.92 Å². The Kier molecular flexibility index (Phi) is 5.97. The predicted octanol–water partition coefficient (Wildman–Crippen LogP) is 3.82. The number of urea groups is 1. The van der Waals surface area contributed by atoms with Gasteiger partial charge in [0.05, 0.1) is 12.2 Å². The number of fused-ring (bicyclic) bond motifs is 1. The van der Waals surface area contributed by atoms with E-state index in [0.29, 0.717) is 25.5 Å². The maximum atomic E-state index is 13.4. The number of amides is 3. The molecule has 29 heavy (non-hydrogen) atoms. The molecule has 4 rings (SSSR count). The average molecular weight is 400 g/mol. The van der Waals surface area contributed by atoms with Crippen LogP contribution in [0.15, 0.2) is 18.2 Å². The third-order valence-electron chi connectivity index (χ3n) is 6.55. The number of anilines is 1. The van der Waals surface area contributed by atoms with Crippen LogP contribution in [0.3, 0.4) is 0 Å². The summed E-state index contributed by atoms with van der Waals surface area (Å²) in [6.07, 6.45) is 5.90. The largest absolute Gasteiger partial charge is 0.486 e. The van der Waals surface area contributed by atoms with E-state index in [0.717, 1.165) is 62.2 Å². The topological polar surface area (TPSA) is 53.1 Å². The van der Waals surface area contributed by atoms with E-state index < -0.39 is 0 Å². The molecule has 0 saturated carbocycles. The van der Waals surface area contributed by atoms with Gasteiger partial charge in [-0.05, 0) is 63.1 Å². The highest BCUT2D eigenvalue weighted by Gasteiger charge is 2.35. The summed E-state index contributed by atoms with van der Waals surface area (Å²) >= 11 is 0. The number of carbonyl (C=O) groups excluding carboxylic acids is 2. The van der Waals surface area contributed by atoms with Crippen LogP contribution in [0.25, 0.3) is 0 Å². The molecule has 0 aromatic heterocycles. The summed E-state index contributed by atoms with van der Waals surface area (Å²) in [5.41, 5.74) is 1.98. The van der Waals surface area contributed by atoms with Gasteiger partial charge < -0.3 is 14.5 Å². The van der Waals surface area contributed by atoms with Crippen molar-refractivity contribution in [1.82, 2.24) is 9.80 Å². The highest BCUT2D eigenvalue weighted by Crippen LogP contribution is 2.36. The van der Waals surface area contributed by atoms with Crippen LogP contribution < -0.4 is 9.64 Å². The second kappa shape index (κ2) is 8.64. The van der Waals surface area contributed by atoms with Crippen molar-refractivity contribution in [2.24, 2.45) is 5.92 Å². The molecule has 0 aliphatic carbocycles. The fraction of sp³-hybridized carbons (Fsp3) is 0.652. The van der Waals surface area contributed by atoms with Gasteiger partial charge in [-0.25, -0.2) is 4.79 Å². The van der Waals surface area contributed by atoms with Gasteiger partial charge >= 0.3 is 6.03 Å². The number of piperidine rings is 2. The molecule has 0 radical (unpaired) electrons. The van der Waals surface area contributed by atoms with Gasteiger partial charge in [-0.2, -0.15) is 0 Å². The zero-order chi connectivity index (χ0) is 20.4. The van der Waals surface area contributed by atoms with E-state index in [1.54, 1.807) is 0 Å². The third kappa shape index (κ3) is 4.21. The maximum absolute atomic E-state index is 13.4. The Morgan fingerprint density at radius 1 is 1.03 bits per heavy atom. The first-order valence-corrected chi connectivity index (χ1v) is 11.2. The lowest BCUT2D eigenvalue weighted by Gasteiger charge is -2.40. The lowest BCUT2D eigenvalue weighted by Crippen LogP contribution is -2.52. The molecule has 3 aliphatic heterocycles. The minimum atomic E-state index is 0.0207. The summed E-state index contributed by atoms with van der Waals surface area (Å²) < 4.78 is 6.06. The summed E-state index contributed by atoms with van der Waals surface area (Å²) in [6.45, 7) is 7.81. The van der Waals surface area contributed by atoms with E-state index in [-0.39, 0.29) is 18.1 Å². The fourth-order valence-corrected chi connectivity index (χ4v) is 4.71. The van der Waals surface area contributed by atoms with Crippen molar-refractivity contribution < 1.29 is 14.3 Å². The molecule has 0 spiro atoms. The highest BCUT2D eigenvalue weighted by molar-refractivity contribution is 5.94. The van der Waals surface area contributed by atoms with Crippen LogP contribution >= 0.6 is 0 Å². The summed E-state index contributed by atoms with van der Waals surface area (Å²) in [7, 11) is 0. The smallest absolute Gasteiger partial charge is 0.324 e. The van der Waals surface area contributed by atoms with E-state index in [1.807, 2.05) is 39.8 Å². The van der Waals surface area contributed by atoms with Crippen molar-refractivity contribution in [3.63, 3.8) is 0 Å². The Bertz CT molecular complexity index is 752. The SMILES string of the molecule is CC[C@H]1CN(C(=O)N2CCC(C(=O)N3CCCCC3)CC2)c2cc(C)ccc2O1. The molecule has 0 bridgehead atoms. The van der Waals surface area contributed by atoms with Gasteiger partial charge in [0.2, 0.25) is 5.91 Å². The van der Waals surface area contributed by atoms with Gasteiger partial charge in [0.15, 0.2) is 0 Å². The van der Waals surface area contributed by atoms with Gasteiger partial charge in [0, 0.05) is 32.1 Å². The zero-order valence-corrected chi connectivity index (χ0v) is 17.7. The van der Waals surface area contributed by atoms with Crippen LogP contribution in [0, 0.1) is 12.8 Å². The first-order chi connectivity index (χ1) is 14.1. The van der Waals surface area contributed by atoms with Crippen molar-refractivity contribution in [2.45, 2.75) is 58.5 Å². The summed E-state index contributed by atoms with van der Waals surface area (Å²) in [5, 5.41) is 0. The number of aryl methyl sites for hydroxylation is 1. The molecule has 0 unspecified atom stereocenters. The van der Waals surface area contributed by atoms with Crippen LogP contribution in [0.2, 0.25) is 0 Å². The maximum Gasteiger partial charge on any atom is 0.324 e. The molecule has 1 atom stereocenters. The number of ether oxygens (including phenoxy) is 1. The Morgan fingerprint density at radius 3 is 2.45 bits per heavy atom. The second-order valence-corrected chi connectivity index (χ2v) is 8.66. The van der Waals surface area contributed by atoms with Gasteiger partial charge in [0.1, 0.15) is 11.9 Å². The molecule has 6 nitrogen and oxygen atoms in total. The quantitative estimate of drug-likeness (QED) is 0.760. The van der Waals surface area contributed by atoms with Crippen LogP contribution in [0.4, 0.5) is 10.5 Å². The molecule has 1 aromatic carbocycles. The van der Waals surface area contributed by atoms with Crippen LogP contribution in [0.1, 0.15) is 51.0 Å². The summed E-state index contributed by atoms with van der Waals surface area (Å²) in [4.78, 5) is 32.0. The Hall–Kier alpha value is -2.24. The molecule has 3 heterocycles. The molecule has 2 saturated heterocycles. The number of nitrogens with zero attached hydrogens (tertiary/aromatic N) is 3. The fourth-order valence-electron chi connectivity index (χ4n) is 4.71. The van der Waals surface area contributed by atoms with Crippen molar-refractivity contribution in [3.8, 4) is 5.75 Å². The molecule has 3 amide bonds. The standard InChI is InChI=1S/C23H33N3O3/c1-3-19-16-26(20-15-17(2)7-8-21(20)29-19)23(28)25-13-9-18(10-14-25)22(27)24-11-5-4-6-12-24/h7-8,15,18-19H,3-6,9-14,16H2,1-2H3/t19-/m0/s1. The van der Waals surface area contributed by atoms with Crippen molar-refractivity contribution in [1.29, 1.82) is 0 Å². The van der Waals surface area contributed by atoms with Crippen molar-refractivity contribution >= 4 is 17.6 Å². The minimum Gasteiger partial charge on any atom is -0.486 e. The molecule has 3 aliphatic rings. The first-order valence-electron chi connectivity index (χ1n) is 11.2. The number of hydrogen-bond acceptors (Lipinski definition) is 3. The number of benzene rings is 1. The van der Waals surface area contributed by atoms with E-state index in [4.69, 9.17) is 4.74 Å².